The monoisotopic (exact) mass is 447 g/mol. The molecule has 1 atom stereocenters. The Hall–Kier alpha value is -2.94. The van der Waals surface area contributed by atoms with Gasteiger partial charge in [-0.25, -0.2) is 4.98 Å². The molecule has 9 heteroatoms. The van der Waals surface area contributed by atoms with Crippen LogP contribution in [0.4, 0.5) is 13.2 Å². The van der Waals surface area contributed by atoms with Gasteiger partial charge >= 0.3 is 6.18 Å². The highest BCUT2D eigenvalue weighted by atomic mass is 32.1. The molecule has 0 saturated carbocycles. The van der Waals surface area contributed by atoms with E-state index in [1.807, 2.05) is 18.2 Å². The SMILES string of the molecule is O=C(COc1ccccc1)N1CCCC[C@@H]1c1csc(-c2ncccc2C(F)(F)F)n1. The fraction of sp³-hybridized carbons (Fsp3) is 0.318. The summed E-state index contributed by atoms with van der Waals surface area (Å²) in [5.74, 6) is 0.437. The molecule has 1 aliphatic rings. The van der Waals surface area contributed by atoms with Crippen molar-refractivity contribution in [1.82, 2.24) is 14.9 Å². The lowest BCUT2D eigenvalue weighted by Crippen LogP contribution is -2.41. The molecule has 162 valence electrons. The third-order valence-corrected chi connectivity index (χ3v) is 5.97. The molecule has 3 heterocycles. The number of alkyl halides is 3. The number of carbonyl (C=O) groups excluding carboxylic acids is 1. The number of hydrogen-bond acceptors (Lipinski definition) is 5. The summed E-state index contributed by atoms with van der Waals surface area (Å²) in [5, 5.41) is 1.92. The quantitative estimate of drug-likeness (QED) is 0.529. The van der Waals surface area contributed by atoms with Crippen molar-refractivity contribution in [1.29, 1.82) is 0 Å². The molecule has 0 radical (unpaired) electrons. The lowest BCUT2D eigenvalue weighted by Gasteiger charge is -2.34. The molecule has 1 aliphatic heterocycles. The summed E-state index contributed by atoms with van der Waals surface area (Å²) >= 11 is 1.11. The van der Waals surface area contributed by atoms with Crippen molar-refractivity contribution in [3.63, 3.8) is 0 Å². The molecular weight excluding hydrogens is 427 g/mol. The summed E-state index contributed by atoms with van der Waals surface area (Å²) in [6, 6.07) is 11.0. The summed E-state index contributed by atoms with van der Waals surface area (Å²) < 4.78 is 45.7. The van der Waals surface area contributed by atoms with Crippen LogP contribution in [0.15, 0.2) is 54.0 Å². The van der Waals surface area contributed by atoms with E-state index in [9.17, 15) is 18.0 Å². The largest absolute Gasteiger partial charge is 0.484 e. The van der Waals surface area contributed by atoms with E-state index in [1.165, 1.54) is 12.3 Å². The zero-order chi connectivity index (χ0) is 21.8. The van der Waals surface area contributed by atoms with Crippen LogP contribution in [0.3, 0.4) is 0 Å². The third kappa shape index (κ3) is 4.87. The molecule has 5 nitrogen and oxygen atoms in total. The lowest BCUT2D eigenvalue weighted by molar-refractivity contribution is -0.138. The molecule has 3 aromatic rings. The smallest absolute Gasteiger partial charge is 0.418 e. The number of likely N-dealkylation sites (tertiary alicyclic amines) is 1. The molecular formula is C22H20F3N3O2S. The summed E-state index contributed by atoms with van der Waals surface area (Å²) in [7, 11) is 0. The number of aromatic nitrogens is 2. The highest BCUT2D eigenvalue weighted by molar-refractivity contribution is 7.13. The van der Waals surface area contributed by atoms with E-state index in [0.717, 1.165) is 30.2 Å². The van der Waals surface area contributed by atoms with Crippen LogP contribution in [0.1, 0.15) is 36.6 Å². The van der Waals surface area contributed by atoms with Crippen LogP contribution in [0.25, 0.3) is 10.7 Å². The number of amides is 1. The zero-order valence-corrected chi connectivity index (χ0v) is 17.3. The number of para-hydroxylation sites is 1. The fourth-order valence-electron chi connectivity index (χ4n) is 3.63. The first kappa shape index (κ1) is 21.3. The van der Waals surface area contributed by atoms with Crippen LogP contribution >= 0.6 is 11.3 Å². The normalized spacial score (nSPS) is 16.9. The molecule has 1 saturated heterocycles. The molecule has 1 amide bonds. The maximum Gasteiger partial charge on any atom is 0.418 e. The number of ether oxygens (including phenoxy) is 1. The highest BCUT2D eigenvalue weighted by Crippen LogP contribution is 2.39. The molecule has 0 aliphatic carbocycles. The maximum atomic E-state index is 13.4. The number of benzene rings is 1. The molecule has 2 aromatic heterocycles. The number of pyridine rings is 1. The van der Waals surface area contributed by atoms with Crippen molar-refractivity contribution < 1.29 is 22.7 Å². The van der Waals surface area contributed by atoms with E-state index in [2.05, 4.69) is 9.97 Å². The zero-order valence-electron chi connectivity index (χ0n) is 16.5. The fourth-order valence-corrected chi connectivity index (χ4v) is 4.51. The number of piperidine rings is 1. The van der Waals surface area contributed by atoms with Gasteiger partial charge in [-0.05, 0) is 43.5 Å². The summed E-state index contributed by atoms with van der Waals surface area (Å²) in [4.78, 5) is 22.9. The number of carbonyl (C=O) groups is 1. The highest BCUT2D eigenvalue weighted by Gasteiger charge is 2.36. The van der Waals surface area contributed by atoms with E-state index in [0.29, 0.717) is 24.4 Å². The molecule has 1 aromatic carbocycles. The van der Waals surface area contributed by atoms with Gasteiger partial charge in [-0.3, -0.25) is 9.78 Å². The van der Waals surface area contributed by atoms with Gasteiger partial charge in [0.1, 0.15) is 16.5 Å². The Kier molecular flexibility index (Phi) is 6.22. The lowest BCUT2D eigenvalue weighted by atomic mass is 10.00. The summed E-state index contributed by atoms with van der Waals surface area (Å²) in [6.07, 6.45) is -0.712. The van der Waals surface area contributed by atoms with E-state index in [-0.39, 0.29) is 29.3 Å². The van der Waals surface area contributed by atoms with Gasteiger partial charge in [0.15, 0.2) is 6.61 Å². The first-order valence-corrected chi connectivity index (χ1v) is 10.8. The molecule has 4 rings (SSSR count). The summed E-state index contributed by atoms with van der Waals surface area (Å²) in [6.45, 7) is 0.460. The van der Waals surface area contributed by atoms with Gasteiger partial charge in [-0.1, -0.05) is 18.2 Å². The Bertz CT molecular complexity index is 1040. The van der Waals surface area contributed by atoms with Crippen LogP contribution in [0.2, 0.25) is 0 Å². The number of thiazole rings is 1. The van der Waals surface area contributed by atoms with Gasteiger partial charge < -0.3 is 9.64 Å². The third-order valence-electron chi connectivity index (χ3n) is 5.11. The Balaban J connectivity index is 1.53. The molecule has 0 spiro atoms. The number of hydrogen-bond donors (Lipinski definition) is 0. The standard InChI is InChI=1S/C22H20F3N3O2S/c23-22(24,25)16-9-6-11-26-20(16)21-27-17(14-31-21)18-10-4-5-12-28(18)19(29)13-30-15-7-2-1-3-8-15/h1-3,6-9,11,14,18H,4-5,10,12-13H2/t18-/m1/s1. The molecule has 0 N–H and O–H groups in total. The van der Waals surface area contributed by atoms with Crippen LogP contribution in [-0.4, -0.2) is 33.9 Å². The topological polar surface area (TPSA) is 55.3 Å². The van der Waals surface area contributed by atoms with Crippen molar-refractivity contribution in [3.8, 4) is 16.5 Å². The Morgan fingerprint density at radius 3 is 2.74 bits per heavy atom. The number of rotatable bonds is 5. The van der Waals surface area contributed by atoms with Crippen LogP contribution in [-0.2, 0) is 11.0 Å². The van der Waals surface area contributed by atoms with E-state index < -0.39 is 11.7 Å². The van der Waals surface area contributed by atoms with Gasteiger partial charge in [0.05, 0.1) is 17.3 Å². The average Bonchev–Trinajstić information content (AvgIpc) is 3.28. The molecule has 0 bridgehead atoms. The van der Waals surface area contributed by atoms with Crippen LogP contribution in [0.5, 0.6) is 5.75 Å². The maximum absolute atomic E-state index is 13.4. The predicted molar refractivity (Wildman–Crippen MR) is 111 cm³/mol. The van der Waals surface area contributed by atoms with Gasteiger partial charge in [0.25, 0.3) is 5.91 Å². The van der Waals surface area contributed by atoms with Crippen molar-refractivity contribution in [3.05, 3.63) is 65.3 Å². The minimum absolute atomic E-state index is 0.101. The van der Waals surface area contributed by atoms with Crippen LogP contribution < -0.4 is 4.74 Å². The van der Waals surface area contributed by atoms with E-state index >= 15 is 0 Å². The predicted octanol–water partition coefficient (Wildman–Crippen LogP) is 5.36. The first-order valence-electron chi connectivity index (χ1n) is 9.89. The van der Waals surface area contributed by atoms with E-state index in [1.54, 1.807) is 22.4 Å². The Morgan fingerprint density at radius 2 is 1.97 bits per heavy atom. The summed E-state index contributed by atoms with van der Waals surface area (Å²) in [5.41, 5.74) is -0.414. The van der Waals surface area contributed by atoms with Gasteiger partial charge in [-0.2, -0.15) is 13.2 Å². The van der Waals surface area contributed by atoms with Crippen LogP contribution in [0, 0.1) is 0 Å². The molecule has 31 heavy (non-hydrogen) atoms. The second-order valence-corrected chi connectivity index (χ2v) is 8.03. The van der Waals surface area contributed by atoms with E-state index in [4.69, 9.17) is 4.74 Å². The first-order chi connectivity index (χ1) is 14.9. The minimum atomic E-state index is -4.52. The molecule has 0 unspecified atom stereocenters. The van der Waals surface area contributed by atoms with Crippen molar-refractivity contribution in [2.75, 3.05) is 13.2 Å². The second kappa shape index (κ2) is 9.05. The Labute approximate surface area is 181 Å². The van der Waals surface area contributed by atoms with Gasteiger partial charge in [0, 0.05) is 18.1 Å². The number of nitrogens with zero attached hydrogens (tertiary/aromatic N) is 3. The Morgan fingerprint density at radius 1 is 1.16 bits per heavy atom. The van der Waals surface area contributed by atoms with Gasteiger partial charge in [-0.15, -0.1) is 11.3 Å². The average molecular weight is 447 g/mol. The van der Waals surface area contributed by atoms with Crippen molar-refractivity contribution in [2.24, 2.45) is 0 Å². The van der Waals surface area contributed by atoms with Gasteiger partial charge in [0.2, 0.25) is 0 Å². The van der Waals surface area contributed by atoms with Crippen molar-refractivity contribution in [2.45, 2.75) is 31.5 Å². The second-order valence-electron chi connectivity index (χ2n) is 7.18. The number of halogens is 3. The molecule has 1 fully saturated rings. The van der Waals surface area contributed by atoms with Crippen molar-refractivity contribution >= 4 is 17.2 Å². The minimum Gasteiger partial charge on any atom is -0.484 e.